The zero-order valence-corrected chi connectivity index (χ0v) is 19.2. The molecule has 8 nitrogen and oxygen atoms in total. The first-order chi connectivity index (χ1) is 15.6. The van der Waals surface area contributed by atoms with Crippen LogP contribution in [-0.4, -0.2) is 45.9 Å². The van der Waals surface area contributed by atoms with E-state index in [2.05, 4.69) is 17.2 Å². The number of carbonyl (C=O) groups is 1. The van der Waals surface area contributed by atoms with Gasteiger partial charge in [0.1, 0.15) is 11.4 Å². The third-order valence-electron chi connectivity index (χ3n) is 5.12. The Morgan fingerprint density at radius 1 is 0.906 bits per heavy atom. The molecule has 0 saturated carbocycles. The van der Waals surface area contributed by atoms with Crippen molar-refractivity contribution in [3.63, 3.8) is 0 Å². The number of amides is 1. The summed E-state index contributed by atoms with van der Waals surface area (Å²) < 4.78 is 27.5. The molecule has 1 heterocycles. The summed E-state index contributed by atoms with van der Waals surface area (Å²) in [6.07, 6.45) is 2.04. The number of ether oxygens (including phenoxy) is 5. The third kappa shape index (κ3) is 4.85. The normalized spacial score (nSPS) is 10.7. The van der Waals surface area contributed by atoms with Gasteiger partial charge in [0.2, 0.25) is 0 Å². The van der Waals surface area contributed by atoms with Crippen LogP contribution in [0.25, 0.3) is 10.9 Å². The maximum absolute atomic E-state index is 12.8. The van der Waals surface area contributed by atoms with Crippen molar-refractivity contribution in [2.75, 3.05) is 35.0 Å². The highest BCUT2D eigenvalue weighted by Gasteiger charge is 2.19. The van der Waals surface area contributed by atoms with Gasteiger partial charge in [0.25, 0.3) is 5.91 Å². The zero-order chi connectivity index (χ0) is 23.1. The first-order valence-corrected chi connectivity index (χ1v) is 10.5. The average Bonchev–Trinajstić information content (AvgIpc) is 3.27. The number of H-pyrrole nitrogens is 1. The topological polar surface area (TPSA) is 91.0 Å². The quantitative estimate of drug-likeness (QED) is 0.430. The van der Waals surface area contributed by atoms with Crippen LogP contribution in [0.15, 0.2) is 30.3 Å². The number of nitrogens with one attached hydrogen (secondary N) is 2. The molecule has 32 heavy (non-hydrogen) atoms. The largest absolute Gasteiger partial charge is 0.496 e. The fraction of sp³-hybridized carbons (Fsp3) is 0.375. The number of benzene rings is 2. The Morgan fingerprint density at radius 2 is 1.66 bits per heavy atom. The lowest BCUT2D eigenvalue weighted by molar-refractivity contribution is 0.0946. The lowest BCUT2D eigenvalue weighted by atomic mass is 10.2. The number of rotatable bonds is 11. The van der Waals surface area contributed by atoms with Gasteiger partial charge in [-0.2, -0.15) is 0 Å². The van der Waals surface area contributed by atoms with Crippen LogP contribution in [0.4, 0.5) is 0 Å². The Bertz CT molecular complexity index is 1080. The van der Waals surface area contributed by atoms with Gasteiger partial charge in [-0.1, -0.05) is 19.4 Å². The molecule has 0 bridgehead atoms. The third-order valence-corrected chi connectivity index (χ3v) is 5.12. The summed E-state index contributed by atoms with van der Waals surface area (Å²) in [7, 11) is 6.27. The maximum Gasteiger partial charge on any atom is 0.268 e. The minimum atomic E-state index is -0.258. The Hall–Kier alpha value is -3.55. The molecule has 0 saturated heterocycles. The summed E-state index contributed by atoms with van der Waals surface area (Å²) in [6.45, 7) is 3.08. The molecule has 3 aromatic rings. The van der Waals surface area contributed by atoms with Crippen LogP contribution in [0.5, 0.6) is 28.7 Å². The van der Waals surface area contributed by atoms with Crippen molar-refractivity contribution in [1.29, 1.82) is 0 Å². The molecule has 0 atom stereocenters. The number of aromatic nitrogens is 1. The average molecular weight is 443 g/mol. The number of unbranched alkanes of at least 4 members (excludes halogenated alkanes) is 1. The SMILES string of the molecule is CCCCOc1ccc(CNC(=O)c2cc3c(OC)cc(OC)c(OC)c3[nH]2)cc1OC. The fourth-order valence-corrected chi connectivity index (χ4v) is 3.40. The smallest absolute Gasteiger partial charge is 0.268 e. The molecule has 1 amide bonds. The molecule has 0 radical (unpaired) electrons. The van der Waals surface area contributed by atoms with Crippen molar-refractivity contribution in [3.8, 4) is 28.7 Å². The van der Waals surface area contributed by atoms with Crippen molar-refractivity contribution in [2.24, 2.45) is 0 Å². The number of aromatic amines is 1. The van der Waals surface area contributed by atoms with Crippen LogP contribution in [0.3, 0.4) is 0 Å². The van der Waals surface area contributed by atoms with Crippen molar-refractivity contribution < 1.29 is 28.5 Å². The van der Waals surface area contributed by atoms with E-state index in [0.29, 0.717) is 53.1 Å². The van der Waals surface area contributed by atoms with Gasteiger partial charge in [-0.25, -0.2) is 0 Å². The van der Waals surface area contributed by atoms with Gasteiger partial charge < -0.3 is 34.0 Å². The monoisotopic (exact) mass is 442 g/mol. The van der Waals surface area contributed by atoms with Gasteiger partial charge in [-0.15, -0.1) is 0 Å². The van der Waals surface area contributed by atoms with Gasteiger partial charge >= 0.3 is 0 Å². The van der Waals surface area contributed by atoms with E-state index >= 15 is 0 Å². The summed E-state index contributed by atoms with van der Waals surface area (Å²) in [4.78, 5) is 15.9. The summed E-state index contributed by atoms with van der Waals surface area (Å²) in [5, 5.41) is 3.65. The predicted molar refractivity (Wildman–Crippen MR) is 123 cm³/mol. The molecule has 8 heteroatoms. The number of hydrogen-bond donors (Lipinski definition) is 2. The molecular formula is C24H30N2O6. The number of methoxy groups -OCH3 is 4. The summed E-state index contributed by atoms with van der Waals surface area (Å²) in [5.74, 6) is 2.67. The van der Waals surface area contributed by atoms with Crippen LogP contribution < -0.4 is 29.0 Å². The van der Waals surface area contributed by atoms with Crippen LogP contribution in [0, 0.1) is 0 Å². The van der Waals surface area contributed by atoms with E-state index in [-0.39, 0.29) is 5.91 Å². The fourth-order valence-electron chi connectivity index (χ4n) is 3.40. The van der Waals surface area contributed by atoms with Crippen LogP contribution in [0.1, 0.15) is 35.8 Å². The van der Waals surface area contributed by atoms with Gasteiger partial charge in [-0.05, 0) is 30.2 Å². The molecule has 0 aliphatic rings. The van der Waals surface area contributed by atoms with Crippen LogP contribution in [0.2, 0.25) is 0 Å². The lowest BCUT2D eigenvalue weighted by Gasteiger charge is -2.12. The summed E-state index contributed by atoms with van der Waals surface area (Å²) in [5.41, 5.74) is 1.91. The molecule has 0 aliphatic carbocycles. The summed E-state index contributed by atoms with van der Waals surface area (Å²) >= 11 is 0. The van der Waals surface area contributed by atoms with Gasteiger partial charge in [0.05, 0.1) is 40.6 Å². The highest BCUT2D eigenvalue weighted by molar-refractivity contribution is 6.02. The molecule has 1 aromatic heterocycles. The lowest BCUT2D eigenvalue weighted by Crippen LogP contribution is -2.23. The predicted octanol–water partition coefficient (Wildman–Crippen LogP) is 4.31. The van der Waals surface area contributed by atoms with E-state index < -0.39 is 0 Å². The van der Waals surface area contributed by atoms with Gasteiger partial charge in [-0.3, -0.25) is 4.79 Å². The van der Waals surface area contributed by atoms with Gasteiger partial charge in [0, 0.05) is 18.0 Å². The number of carbonyl (C=O) groups excluding carboxylic acids is 1. The van der Waals surface area contributed by atoms with E-state index in [1.54, 1.807) is 40.6 Å². The minimum Gasteiger partial charge on any atom is -0.496 e. The second-order valence-electron chi connectivity index (χ2n) is 7.16. The van der Waals surface area contributed by atoms with E-state index in [1.807, 2.05) is 18.2 Å². The minimum absolute atomic E-state index is 0.258. The molecule has 0 fully saturated rings. The van der Waals surface area contributed by atoms with Crippen LogP contribution in [-0.2, 0) is 6.54 Å². The number of fused-ring (bicyclic) bond motifs is 1. The summed E-state index contributed by atoms with van der Waals surface area (Å²) in [6, 6.07) is 9.10. The standard InChI is InChI=1S/C24H30N2O6/c1-6-7-10-32-18-9-8-15(11-20(18)29-3)14-25-24(27)17-12-16-19(28-2)13-21(30-4)23(31-5)22(16)26-17/h8-9,11-13,26H,6-7,10,14H2,1-5H3,(H,25,27). The highest BCUT2D eigenvalue weighted by Crippen LogP contribution is 2.41. The Morgan fingerprint density at radius 3 is 2.31 bits per heavy atom. The second kappa shape index (κ2) is 10.7. The van der Waals surface area contributed by atoms with Crippen molar-refractivity contribution in [2.45, 2.75) is 26.3 Å². The first kappa shape index (κ1) is 23.1. The molecule has 0 unspecified atom stereocenters. The second-order valence-corrected chi connectivity index (χ2v) is 7.16. The highest BCUT2D eigenvalue weighted by atomic mass is 16.5. The Balaban J connectivity index is 1.77. The molecule has 2 aromatic carbocycles. The van der Waals surface area contributed by atoms with E-state index in [0.717, 1.165) is 23.8 Å². The van der Waals surface area contributed by atoms with E-state index in [1.165, 1.54) is 0 Å². The van der Waals surface area contributed by atoms with Crippen molar-refractivity contribution >= 4 is 16.8 Å². The van der Waals surface area contributed by atoms with Crippen LogP contribution >= 0.6 is 0 Å². The van der Waals surface area contributed by atoms with Crippen molar-refractivity contribution in [3.05, 3.63) is 41.6 Å². The molecule has 0 spiro atoms. The van der Waals surface area contributed by atoms with E-state index in [4.69, 9.17) is 23.7 Å². The molecule has 2 N–H and O–H groups in total. The molecule has 3 rings (SSSR count). The van der Waals surface area contributed by atoms with Crippen molar-refractivity contribution in [1.82, 2.24) is 10.3 Å². The van der Waals surface area contributed by atoms with E-state index in [9.17, 15) is 4.79 Å². The first-order valence-electron chi connectivity index (χ1n) is 10.5. The molecular weight excluding hydrogens is 412 g/mol. The number of hydrogen-bond acceptors (Lipinski definition) is 6. The maximum atomic E-state index is 12.8. The Labute approximate surface area is 187 Å². The zero-order valence-electron chi connectivity index (χ0n) is 19.2. The Kier molecular flexibility index (Phi) is 7.70. The molecule has 0 aliphatic heterocycles. The molecule has 172 valence electrons. The van der Waals surface area contributed by atoms with Gasteiger partial charge in [0.15, 0.2) is 23.0 Å².